The molecule has 0 saturated heterocycles. The first-order chi connectivity index (χ1) is 8.81. The Morgan fingerprint density at radius 3 is 2.72 bits per heavy atom. The Hall–Kier alpha value is -1.88. The van der Waals surface area contributed by atoms with Gasteiger partial charge in [0.05, 0.1) is 5.69 Å². The van der Waals surface area contributed by atoms with Crippen LogP contribution < -0.4 is 5.73 Å². The summed E-state index contributed by atoms with van der Waals surface area (Å²) >= 11 is 1.78. The summed E-state index contributed by atoms with van der Waals surface area (Å²) in [7, 11) is 0. The van der Waals surface area contributed by atoms with Gasteiger partial charge in [0.1, 0.15) is 0 Å². The lowest BCUT2D eigenvalue weighted by Crippen LogP contribution is -2.18. The Balaban J connectivity index is 1.93. The average Bonchev–Trinajstić information content (AvgIpc) is 2.87. The summed E-state index contributed by atoms with van der Waals surface area (Å²) in [5, 5.41) is 11.7. The van der Waals surface area contributed by atoms with Gasteiger partial charge in [0.15, 0.2) is 5.84 Å². The van der Waals surface area contributed by atoms with Crippen molar-refractivity contribution in [3.05, 3.63) is 54.4 Å². The lowest BCUT2D eigenvalue weighted by Gasteiger charge is -2.07. The van der Waals surface area contributed by atoms with Gasteiger partial charge in [-0.1, -0.05) is 23.4 Å². The molecule has 0 aliphatic carbocycles. The number of oxime groups is 1. The molecule has 1 aromatic carbocycles. The van der Waals surface area contributed by atoms with Gasteiger partial charge in [-0.2, -0.15) is 0 Å². The summed E-state index contributed by atoms with van der Waals surface area (Å²) in [5.74, 6) is 1.08. The van der Waals surface area contributed by atoms with Crippen LogP contribution >= 0.6 is 11.8 Å². The second kappa shape index (κ2) is 6.16. The van der Waals surface area contributed by atoms with E-state index in [2.05, 4.69) is 17.3 Å². The Bertz CT molecular complexity index is 522. The topological polar surface area (TPSA) is 63.5 Å². The fourth-order valence-corrected chi connectivity index (χ4v) is 2.54. The minimum atomic E-state index is 0.143. The number of aryl methyl sites for hydroxylation is 1. The monoisotopic (exact) mass is 261 g/mol. The number of aromatic nitrogens is 1. The molecule has 2 rings (SSSR count). The van der Waals surface area contributed by atoms with Crippen LogP contribution in [0.4, 0.5) is 0 Å². The van der Waals surface area contributed by atoms with Gasteiger partial charge in [-0.15, -0.1) is 11.8 Å². The predicted octanol–water partition coefficient (Wildman–Crippen LogP) is 2.37. The van der Waals surface area contributed by atoms with Crippen LogP contribution in [0.5, 0.6) is 0 Å². The van der Waals surface area contributed by atoms with Crippen molar-refractivity contribution >= 4 is 17.6 Å². The molecule has 3 N–H and O–H groups in total. The third-order valence-electron chi connectivity index (χ3n) is 2.54. The van der Waals surface area contributed by atoms with Gasteiger partial charge < -0.3 is 15.5 Å². The zero-order chi connectivity index (χ0) is 12.8. The van der Waals surface area contributed by atoms with Gasteiger partial charge in [0, 0.05) is 23.4 Å². The maximum Gasteiger partial charge on any atom is 0.186 e. The molecule has 18 heavy (non-hydrogen) atoms. The van der Waals surface area contributed by atoms with Gasteiger partial charge in [-0.05, 0) is 24.3 Å². The van der Waals surface area contributed by atoms with Crippen molar-refractivity contribution in [3.8, 4) is 0 Å². The highest BCUT2D eigenvalue weighted by molar-refractivity contribution is 7.99. The first-order valence-corrected chi connectivity index (χ1v) is 6.60. The van der Waals surface area contributed by atoms with Crippen LogP contribution in [0.3, 0.4) is 0 Å². The van der Waals surface area contributed by atoms with Crippen molar-refractivity contribution in [2.75, 3.05) is 5.75 Å². The molecular weight excluding hydrogens is 246 g/mol. The van der Waals surface area contributed by atoms with E-state index >= 15 is 0 Å². The predicted molar refractivity (Wildman–Crippen MR) is 74.1 cm³/mol. The fraction of sp³-hybridized carbons (Fsp3) is 0.154. The quantitative estimate of drug-likeness (QED) is 0.285. The third-order valence-corrected chi connectivity index (χ3v) is 3.54. The number of rotatable bonds is 5. The van der Waals surface area contributed by atoms with Crippen molar-refractivity contribution < 1.29 is 5.21 Å². The van der Waals surface area contributed by atoms with Gasteiger partial charge in [0.2, 0.25) is 0 Å². The molecule has 0 spiro atoms. The molecule has 0 amide bonds. The third kappa shape index (κ3) is 3.07. The molecule has 1 heterocycles. The standard InChI is InChI=1S/C13H15N3OS/c14-13(15-17)12-7-4-8-16(12)9-10-18-11-5-2-1-3-6-11/h1-8,17H,9-10H2,(H2,14,15). The SMILES string of the molecule is N/C(=N/O)c1cccn1CCSc1ccccc1. The molecule has 0 radical (unpaired) electrons. The molecule has 5 heteroatoms. The molecule has 4 nitrogen and oxygen atoms in total. The van der Waals surface area contributed by atoms with Crippen LogP contribution in [0.15, 0.2) is 58.7 Å². The maximum atomic E-state index is 8.68. The van der Waals surface area contributed by atoms with E-state index in [9.17, 15) is 0 Å². The molecule has 0 fully saturated rings. The largest absolute Gasteiger partial charge is 0.409 e. The Morgan fingerprint density at radius 1 is 1.22 bits per heavy atom. The summed E-state index contributed by atoms with van der Waals surface area (Å²) in [6, 6.07) is 14.0. The van der Waals surface area contributed by atoms with Gasteiger partial charge >= 0.3 is 0 Å². The number of nitrogens with two attached hydrogens (primary N) is 1. The number of benzene rings is 1. The first kappa shape index (κ1) is 12.6. The number of nitrogens with zero attached hydrogens (tertiary/aromatic N) is 2. The van der Waals surface area contributed by atoms with Crippen molar-refractivity contribution in [1.29, 1.82) is 0 Å². The lowest BCUT2D eigenvalue weighted by atomic mass is 10.4. The highest BCUT2D eigenvalue weighted by atomic mass is 32.2. The zero-order valence-electron chi connectivity index (χ0n) is 9.86. The minimum Gasteiger partial charge on any atom is -0.409 e. The number of hydrogen-bond donors (Lipinski definition) is 2. The molecule has 0 aliphatic rings. The van der Waals surface area contributed by atoms with Crippen molar-refractivity contribution in [2.45, 2.75) is 11.4 Å². The molecule has 0 unspecified atom stereocenters. The van der Waals surface area contributed by atoms with E-state index in [1.165, 1.54) is 4.90 Å². The molecule has 0 atom stereocenters. The zero-order valence-corrected chi connectivity index (χ0v) is 10.7. The Labute approximate surface area is 110 Å². The van der Waals surface area contributed by atoms with Gasteiger partial charge in [0.25, 0.3) is 0 Å². The first-order valence-electron chi connectivity index (χ1n) is 5.62. The lowest BCUT2D eigenvalue weighted by molar-refractivity contribution is 0.318. The molecule has 0 bridgehead atoms. The van der Waals surface area contributed by atoms with Gasteiger partial charge in [-0.3, -0.25) is 0 Å². The van der Waals surface area contributed by atoms with Crippen molar-refractivity contribution in [2.24, 2.45) is 10.9 Å². The summed E-state index contributed by atoms with van der Waals surface area (Å²) in [4.78, 5) is 1.25. The summed E-state index contributed by atoms with van der Waals surface area (Å²) in [6.07, 6.45) is 1.93. The Kier molecular flexibility index (Phi) is 4.30. The van der Waals surface area contributed by atoms with E-state index < -0.39 is 0 Å². The molecular formula is C13H15N3OS. The summed E-state index contributed by atoms with van der Waals surface area (Å²) in [5.41, 5.74) is 6.34. The second-order valence-corrected chi connectivity index (χ2v) is 4.90. The smallest absolute Gasteiger partial charge is 0.186 e. The molecule has 94 valence electrons. The van der Waals surface area contributed by atoms with E-state index in [4.69, 9.17) is 10.9 Å². The number of amidine groups is 1. The van der Waals surface area contributed by atoms with Crippen LogP contribution in [0, 0.1) is 0 Å². The van der Waals surface area contributed by atoms with E-state index in [1.807, 2.05) is 41.1 Å². The van der Waals surface area contributed by atoms with Crippen LogP contribution in [0.25, 0.3) is 0 Å². The van der Waals surface area contributed by atoms with E-state index in [-0.39, 0.29) is 5.84 Å². The van der Waals surface area contributed by atoms with E-state index in [1.54, 1.807) is 11.8 Å². The molecule has 1 aromatic heterocycles. The number of hydrogen-bond acceptors (Lipinski definition) is 3. The minimum absolute atomic E-state index is 0.143. The fourth-order valence-electron chi connectivity index (χ4n) is 1.67. The Morgan fingerprint density at radius 2 is 2.00 bits per heavy atom. The van der Waals surface area contributed by atoms with Crippen LogP contribution in [0.1, 0.15) is 5.69 Å². The maximum absolute atomic E-state index is 8.68. The molecule has 0 aliphatic heterocycles. The molecule has 0 saturated carbocycles. The van der Waals surface area contributed by atoms with E-state index in [0.717, 1.165) is 18.0 Å². The normalized spacial score (nSPS) is 11.7. The highest BCUT2D eigenvalue weighted by Gasteiger charge is 2.05. The van der Waals surface area contributed by atoms with Crippen molar-refractivity contribution in [3.63, 3.8) is 0 Å². The molecule has 2 aromatic rings. The van der Waals surface area contributed by atoms with Crippen LogP contribution in [0.2, 0.25) is 0 Å². The van der Waals surface area contributed by atoms with E-state index in [0.29, 0.717) is 0 Å². The van der Waals surface area contributed by atoms with Crippen LogP contribution in [-0.2, 0) is 6.54 Å². The second-order valence-electron chi connectivity index (χ2n) is 3.73. The average molecular weight is 261 g/mol. The van der Waals surface area contributed by atoms with Crippen molar-refractivity contribution in [1.82, 2.24) is 4.57 Å². The van der Waals surface area contributed by atoms with Crippen LogP contribution in [-0.4, -0.2) is 21.4 Å². The summed E-state index contributed by atoms with van der Waals surface area (Å²) < 4.78 is 1.98. The van der Waals surface area contributed by atoms with Gasteiger partial charge in [-0.25, -0.2) is 0 Å². The number of thioether (sulfide) groups is 1. The summed E-state index contributed by atoms with van der Waals surface area (Å²) in [6.45, 7) is 0.818. The highest BCUT2D eigenvalue weighted by Crippen LogP contribution is 2.17.